The quantitative estimate of drug-likeness (QED) is 0.669. The molecule has 0 spiro atoms. The van der Waals surface area contributed by atoms with Crippen molar-refractivity contribution in [2.75, 3.05) is 0 Å². The second-order valence-electron chi connectivity index (χ2n) is 4.13. The summed E-state index contributed by atoms with van der Waals surface area (Å²) in [5.41, 5.74) is 0. The van der Waals surface area contributed by atoms with Gasteiger partial charge in [0.15, 0.2) is 0 Å². The molecular formula is C12H18N2. The van der Waals surface area contributed by atoms with Gasteiger partial charge in [-0.15, -0.1) is 6.58 Å². The van der Waals surface area contributed by atoms with E-state index in [1.165, 1.54) is 32.1 Å². The van der Waals surface area contributed by atoms with Crippen LogP contribution in [0.5, 0.6) is 0 Å². The second kappa shape index (κ2) is 4.45. The maximum absolute atomic E-state index is 4.10. The van der Waals surface area contributed by atoms with Crippen LogP contribution in [0.15, 0.2) is 31.4 Å². The molecule has 0 bridgehead atoms. The summed E-state index contributed by atoms with van der Waals surface area (Å²) in [5.74, 6) is 0.774. The van der Waals surface area contributed by atoms with E-state index in [1.807, 2.05) is 18.7 Å². The molecule has 0 saturated heterocycles. The van der Waals surface area contributed by atoms with Crippen molar-refractivity contribution < 1.29 is 0 Å². The molecule has 0 N–H and O–H groups in total. The molecule has 1 aromatic rings. The molecule has 1 saturated carbocycles. The molecule has 1 aliphatic carbocycles. The van der Waals surface area contributed by atoms with E-state index in [1.54, 1.807) is 0 Å². The highest BCUT2D eigenvalue weighted by Gasteiger charge is 2.21. The number of nitrogens with zero attached hydrogens (tertiary/aromatic N) is 2. The molecule has 14 heavy (non-hydrogen) atoms. The molecule has 1 aliphatic rings. The fourth-order valence-electron chi connectivity index (χ4n) is 2.48. The molecule has 1 aromatic heterocycles. The van der Waals surface area contributed by atoms with Gasteiger partial charge in [-0.2, -0.15) is 0 Å². The average Bonchev–Trinajstić information content (AvgIpc) is 2.74. The van der Waals surface area contributed by atoms with Crippen LogP contribution >= 0.6 is 0 Å². The van der Waals surface area contributed by atoms with Crippen LogP contribution in [0, 0.1) is 5.92 Å². The van der Waals surface area contributed by atoms with Crippen LogP contribution in [0.4, 0.5) is 0 Å². The Morgan fingerprint density at radius 2 is 2.14 bits per heavy atom. The van der Waals surface area contributed by atoms with Crippen LogP contribution in [0.2, 0.25) is 0 Å². The van der Waals surface area contributed by atoms with Gasteiger partial charge < -0.3 is 4.57 Å². The van der Waals surface area contributed by atoms with E-state index in [0.29, 0.717) is 6.04 Å². The normalized spacial score (nSPS) is 20.6. The van der Waals surface area contributed by atoms with Crippen LogP contribution in [-0.4, -0.2) is 9.55 Å². The van der Waals surface area contributed by atoms with Gasteiger partial charge in [0.2, 0.25) is 0 Å². The molecule has 1 atom stereocenters. The van der Waals surface area contributed by atoms with Gasteiger partial charge in [0.1, 0.15) is 0 Å². The summed E-state index contributed by atoms with van der Waals surface area (Å²) < 4.78 is 2.18. The first kappa shape index (κ1) is 9.50. The van der Waals surface area contributed by atoms with Crippen LogP contribution in [0.25, 0.3) is 0 Å². The number of rotatable bonds is 3. The minimum absolute atomic E-state index is 0.456. The van der Waals surface area contributed by atoms with Crippen molar-refractivity contribution in [1.82, 2.24) is 9.55 Å². The zero-order valence-electron chi connectivity index (χ0n) is 8.60. The first-order valence-corrected chi connectivity index (χ1v) is 5.52. The standard InChI is InChI=1S/C12H18N2/c1-2-12(14-9-8-13-10-14)11-6-4-3-5-7-11/h2,8-12H,1,3-7H2. The first-order valence-electron chi connectivity index (χ1n) is 5.52. The summed E-state index contributed by atoms with van der Waals surface area (Å²) in [5, 5.41) is 0. The smallest absolute Gasteiger partial charge is 0.0951 e. The zero-order chi connectivity index (χ0) is 9.80. The van der Waals surface area contributed by atoms with Gasteiger partial charge in [0.05, 0.1) is 12.4 Å². The van der Waals surface area contributed by atoms with Crippen LogP contribution < -0.4 is 0 Å². The molecule has 1 fully saturated rings. The predicted molar refractivity (Wildman–Crippen MR) is 58.0 cm³/mol. The monoisotopic (exact) mass is 190 g/mol. The zero-order valence-corrected chi connectivity index (χ0v) is 8.60. The molecule has 2 nitrogen and oxygen atoms in total. The summed E-state index contributed by atoms with van der Waals surface area (Å²) >= 11 is 0. The summed E-state index contributed by atoms with van der Waals surface area (Å²) in [6, 6.07) is 0.456. The fourth-order valence-corrected chi connectivity index (χ4v) is 2.48. The van der Waals surface area contributed by atoms with E-state index in [9.17, 15) is 0 Å². The minimum Gasteiger partial charge on any atom is -0.330 e. The molecule has 0 aromatic carbocycles. The molecule has 0 radical (unpaired) electrons. The highest BCUT2D eigenvalue weighted by molar-refractivity contribution is 4.94. The van der Waals surface area contributed by atoms with Crippen molar-refractivity contribution >= 4 is 0 Å². The SMILES string of the molecule is C=CC(C1CCCCC1)n1ccnc1. The lowest BCUT2D eigenvalue weighted by atomic mass is 9.84. The molecule has 2 rings (SSSR count). The van der Waals surface area contributed by atoms with Crippen LogP contribution in [0.1, 0.15) is 38.1 Å². The number of hydrogen-bond acceptors (Lipinski definition) is 1. The second-order valence-corrected chi connectivity index (χ2v) is 4.13. The lowest BCUT2D eigenvalue weighted by Crippen LogP contribution is -2.19. The van der Waals surface area contributed by atoms with E-state index < -0.39 is 0 Å². The summed E-state index contributed by atoms with van der Waals surface area (Å²) in [4.78, 5) is 4.10. The third-order valence-corrected chi connectivity index (χ3v) is 3.24. The van der Waals surface area contributed by atoms with E-state index in [-0.39, 0.29) is 0 Å². The third-order valence-electron chi connectivity index (χ3n) is 3.24. The molecule has 0 aliphatic heterocycles. The van der Waals surface area contributed by atoms with Gasteiger partial charge in [-0.1, -0.05) is 25.3 Å². The van der Waals surface area contributed by atoms with Crippen molar-refractivity contribution in [3.05, 3.63) is 31.4 Å². The van der Waals surface area contributed by atoms with E-state index in [4.69, 9.17) is 0 Å². The Bertz CT molecular complexity index is 271. The van der Waals surface area contributed by atoms with Crippen molar-refractivity contribution in [2.24, 2.45) is 5.92 Å². The Morgan fingerprint density at radius 1 is 1.36 bits per heavy atom. The van der Waals surface area contributed by atoms with Crippen molar-refractivity contribution in [3.63, 3.8) is 0 Å². The van der Waals surface area contributed by atoms with Gasteiger partial charge in [-0.05, 0) is 18.8 Å². The largest absolute Gasteiger partial charge is 0.330 e. The topological polar surface area (TPSA) is 17.8 Å². The highest BCUT2D eigenvalue weighted by atomic mass is 15.1. The minimum atomic E-state index is 0.456. The number of aromatic nitrogens is 2. The molecular weight excluding hydrogens is 172 g/mol. The van der Waals surface area contributed by atoms with E-state index in [2.05, 4.69) is 22.2 Å². The number of imidazole rings is 1. The molecule has 1 unspecified atom stereocenters. The first-order chi connectivity index (χ1) is 6.92. The van der Waals surface area contributed by atoms with E-state index >= 15 is 0 Å². The Morgan fingerprint density at radius 3 is 2.71 bits per heavy atom. The molecule has 76 valence electrons. The van der Waals surface area contributed by atoms with Gasteiger partial charge in [-0.3, -0.25) is 0 Å². The highest BCUT2D eigenvalue weighted by Crippen LogP contribution is 2.33. The Labute approximate surface area is 85.7 Å². The Balaban J connectivity index is 2.08. The van der Waals surface area contributed by atoms with E-state index in [0.717, 1.165) is 5.92 Å². The van der Waals surface area contributed by atoms with Crippen molar-refractivity contribution in [2.45, 2.75) is 38.1 Å². The van der Waals surface area contributed by atoms with Gasteiger partial charge >= 0.3 is 0 Å². The summed E-state index contributed by atoms with van der Waals surface area (Å²) in [6.07, 6.45) is 14.7. The van der Waals surface area contributed by atoms with Crippen molar-refractivity contribution in [1.29, 1.82) is 0 Å². The lowest BCUT2D eigenvalue weighted by Gasteiger charge is -2.28. The number of allylic oxidation sites excluding steroid dienone is 1. The fraction of sp³-hybridized carbons (Fsp3) is 0.583. The van der Waals surface area contributed by atoms with Crippen molar-refractivity contribution in [3.8, 4) is 0 Å². The van der Waals surface area contributed by atoms with Gasteiger partial charge in [-0.25, -0.2) is 4.98 Å². The maximum Gasteiger partial charge on any atom is 0.0951 e. The van der Waals surface area contributed by atoms with Gasteiger partial charge in [0, 0.05) is 12.4 Å². The average molecular weight is 190 g/mol. The Hall–Kier alpha value is -1.05. The van der Waals surface area contributed by atoms with Crippen LogP contribution in [0.3, 0.4) is 0 Å². The molecule has 2 heteroatoms. The van der Waals surface area contributed by atoms with Gasteiger partial charge in [0.25, 0.3) is 0 Å². The van der Waals surface area contributed by atoms with Crippen LogP contribution in [-0.2, 0) is 0 Å². The summed E-state index contributed by atoms with van der Waals surface area (Å²) in [7, 11) is 0. The third kappa shape index (κ3) is 1.89. The Kier molecular flexibility index (Phi) is 3.02. The number of hydrogen-bond donors (Lipinski definition) is 0. The summed E-state index contributed by atoms with van der Waals surface area (Å²) in [6.45, 7) is 3.94. The lowest BCUT2D eigenvalue weighted by molar-refractivity contribution is 0.285. The maximum atomic E-state index is 4.10. The molecule has 1 heterocycles. The molecule has 0 amide bonds. The predicted octanol–water partition coefficient (Wildman–Crippen LogP) is 3.19.